The number of aryl methyl sites for hydroxylation is 2. The molecular weight excluding hydrogens is 394 g/mol. The van der Waals surface area contributed by atoms with Gasteiger partial charge in [-0.3, -0.25) is 9.59 Å². The summed E-state index contributed by atoms with van der Waals surface area (Å²) in [4.78, 5) is 46.1. The van der Waals surface area contributed by atoms with E-state index in [9.17, 15) is 14.4 Å². The Hall–Kier alpha value is -3.20. The first-order valence-electron chi connectivity index (χ1n) is 8.84. The molecule has 0 spiro atoms. The zero-order chi connectivity index (χ0) is 21.1. The van der Waals surface area contributed by atoms with Gasteiger partial charge in [0.25, 0.3) is 11.5 Å². The average molecular weight is 415 g/mol. The molecule has 0 fully saturated rings. The van der Waals surface area contributed by atoms with Crippen molar-refractivity contribution in [2.75, 3.05) is 20.8 Å². The molecule has 0 saturated heterocycles. The number of carbonyl (C=O) groups excluding carboxylic acids is 2. The highest BCUT2D eigenvalue weighted by molar-refractivity contribution is 7.20. The maximum absolute atomic E-state index is 12.5. The Balaban J connectivity index is 1.68. The van der Waals surface area contributed by atoms with E-state index in [0.29, 0.717) is 33.9 Å². The molecule has 0 radical (unpaired) electrons. The van der Waals surface area contributed by atoms with Crippen molar-refractivity contribution >= 4 is 33.4 Å². The molecule has 1 aromatic carbocycles. The number of ether oxygens (including phenoxy) is 2. The largest absolute Gasteiger partial charge is 0.496 e. The third-order valence-electron chi connectivity index (χ3n) is 4.46. The van der Waals surface area contributed by atoms with Crippen LogP contribution in [0, 0.1) is 13.8 Å². The van der Waals surface area contributed by atoms with Crippen molar-refractivity contribution in [3.05, 3.63) is 56.4 Å². The first kappa shape index (κ1) is 20.5. The molecule has 0 saturated carbocycles. The topological polar surface area (TPSA) is 102 Å². The Morgan fingerprint density at radius 1 is 1.24 bits per heavy atom. The van der Waals surface area contributed by atoms with Crippen molar-refractivity contribution in [3.8, 4) is 5.75 Å². The van der Waals surface area contributed by atoms with E-state index in [2.05, 4.69) is 9.97 Å². The van der Waals surface area contributed by atoms with Crippen molar-refractivity contribution in [1.82, 2.24) is 14.9 Å². The number of thiophene rings is 1. The van der Waals surface area contributed by atoms with E-state index in [1.807, 2.05) is 24.3 Å². The number of esters is 1. The van der Waals surface area contributed by atoms with Crippen LogP contribution < -0.4 is 10.3 Å². The Bertz CT molecular complexity index is 1130. The van der Waals surface area contributed by atoms with Gasteiger partial charge in [-0.25, -0.2) is 9.78 Å². The van der Waals surface area contributed by atoms with Gasteiger partial charge < -0.3 is 19.4 Å². The number of rotatable bonds is 6. The lowest BCUT2D eigenvalue weighted by Crippen LogP contribution is -2.31. The minimum Gasteiger partial charge on any atom is -0.496 e. The van der Waals surface area contributed by atoms with Gasteiger partial charge in [-0.1, -0.05) is 18.2 Å². The smallest absolute Gasteiger partial charge is 0.349 e. The molecule has 9 heteroatoms. The summed E-state index contributed by atoms with van der Waals surface area (Å²) in [5.41, 5.74) is 1.05. The lowest BCUT2D eigenvalue weighted by atomic mass is 10.2. The van der Waals surface area contributed by atoms with Crippen LogP contribution >= 0.6 is 11.3 Å². The van der Waals surface area contributed by atoms with Crippen molar-refractivity contribution in [1.29, 1.82) is 0 Å². The number of aromatic amines is 1. The Kier molecular flexibility index (Phi) is 5.97. The lowest BCUT2D eigenvalue weighted by Gasteiger charge is -2.18. The number of aromatic nitrogens is 2. The van der Waals surface area contributed by atoms with Gasteiger partial charge in [0.2, 0.25) is 0 Å². The van der Waals surface area contributed by atoms with E-state index in [-0.39, 0.29) is 16.3 Å². The molecule has 0 aliphatic rings. The number of fused-ring (bicyclic) bond motifs is 1. The zero-order valence-electron chi connectivity index (χ0n) is 16.6. The highest BCUT2D eigenvalue weighted by Gasteiger charge is 2.21. The molecule has 0 aliphatic heterocycles. The molecular formula is C20H21N3O5S. The molecule has 3 rings (SSSR count). The third kappa shape index (κ3) is 4.29. The number of nitrogens with zero attached hydrogens (tertiary/aromatic N) is 2. The standard InChI is InChI=1S/C20H21N3O5S/c1-11-16-18(25)21-12(2)22-19(16)29-17(11)20(26)28-10-15(24)23(3)9-13-7-5-6-8-14(13)27-4/h5-8H,9-10H2,1-4H3,(H,21,22,25). The molecule has 0 atom stereocenters. The summed E-state index contributed by atoms with van der Waals surface area (Å²) < 4.78 is 10.5. The second-order valence-corrected chi connectivity index (χ2v) is 7.52. The van der Waals surface area contributed by atoms with Gasteiger partial charge in [0.05, 0.1) is 12.5 Å². The van der Waals surface area contributed by atoms with Crippen LogP contribution in [0.1, 0.15) is 26.6 Å². The maximum Gasteiger partial charge on any atom is 0.349 e. The number of hydrogen-bond acceptors (Lipinski definition) is 7. The Morgan fingerprint density at radius 3 is 2.69 bits per heavy atom. The monoisotopic (exact) mass is 415 g/mol. The fourth-order valence-corrected chi connectivity index (χ4v) is 4.05. The predicted octanol–water partition coefficient (Wildman–Crippen LogP) is 2.43. The third-order valence-corrected chi connectivity index (χ3v) is 5.62. The number of H-pyrrole nitrogens is 1. The van der Waals surface area contributed by atoms with Crippen LogP contribution in [-0.4, -0.2) is 47.5 Å². The Labute approximate surface area is 171 Å². The minimum absolute atomic E-state index is 0.267. The number of benzene rings is 1. The molecule has 3 aromatic rings. The normalized spacial score (nSPS) is 10.8. The van der Waals surface area contributed by atoms with Crippen LogP contribution in [0.25, 0.3) is 10.2 Å². The highest BCUT2D eigenvalue weighted by Crippen LogP contribution is 2.27. The molecule has 2 heterocycles. The number of amides is 1. The predicted molar refractivity (Wildman–Crippen MR) is 109 cm³/mol. The molecule has 0 bridgehead atoms. The quantitative estimate of drug-likeness (QED) is 0.621. The Morgan fingerprint density at radius 2 is 1.97 bits per heavy atom. The highest BCUT2D eigenvalue weighted by atomic mass is 32.1. The summed E-state index contributed by atoms with van der Waals surface area (Å²) in [6.07, 6.45) is 0. The van der Waals surface area contributed by atoms with Gasteiger partial charge in [0.1, 0.15) is 21.3 Å². The van der Waals surface area contributed by atoms with Crippen LogP contribution in [-0.2, 0) is 16.1 Å². The van der Waals surface area contributed by atoms with Gasteiger partial charge >= 0.3 is 5.97 Å². The van der Waals surface area contributed by atoms with Crippen LogP contribution in [0.2, 0.25) is 0 Å². The van der Waals surface area contributed by atoms with Gasteiger partial charge in [0, 0.05) is 19.2 Å². The summed E-state index contributed by atoms with van der Waals surface area (Å²) in [6, 6.07) is 7.38. The zero-order valence-corrected chi connectivity index (χ0v) is 17.4. The molecule has 8 nitrogen and oxygen atoms in total. The van der Waals surface area contributed by atoms with E-state index in [1.165, 1.54) is 4.90 Å². The fraction of sp³-hybridized carbons (Fsp3) is 0.300. The number of nitrogens with one attached hydrogen (secondary N) is 1. The number of carbonyl (C=O) groups is 2. The van der Waals surface area contributed by atoms with Crippen molar-refractivity contribution < 1.29 is 19.1 Å². The van der Waals surface area contributed by atoms with Crippen LogP contribution in [0.3, 0.4) is 0 Å². The van der Waals surface area contributed by atoms with E-state index in [4.69, 9.17) is 9.47 Å². The maximum atomic E-state index is 12.5. The van der Waals surface area contributed by atoms with E-state index in [1.54, 1.807) is 28.0 Å². The summed E-state index contributed by atoms with van der Waals surface area (Å²) in [7, 11) is 3.19. The first-order chi connectivity index (χ1) is 13.8. The SMILES string of the molecule is COc1ccccc1CN(C)C(=O)COC(=O)c1sc2nc(C)[nH]c(=O)c2c1C. The van der Waals surface area contributed by atoms with Crippen molar-refractivity contribution in [2.24, 2.45) is 0 Å². The van der Waals surface area contributed by atoms with Crippen LogP contribution in [0.5, 0.6) is 5.75 Å². The summed E-state index contributed by atoms with van der Waals surface area (Å²) in [6.45, 7) is 3.25. The number of para-hydroxylation sites is 1. The van der Waals surface area contributed by atoms with Gasteiger partial charge in [-0.05, 0) is 25.5 Å². The number of likely N-dealkylation sites (N-methyl/N-ethyl adjacent to an activating group) is 1. The number of methoxy groups -OCH3 is 1. The first-order valence-corrected chi connectivity index (χ1v) is 9.66. The van der Waals surface area contributed by atoms with Crippen LogP contribution in [0.4, 0.5) is 0 Å². The summed E-state index contributed by atoms with van der Waals surface area (Å²) >= 11 is 1.08. The molecule has 2 aromatic heterocycles. The fourth-order valence-electron chi connectivity index (χ4n) is 2.93. The van der Waals surface area contributed by atoms with E-state index < -0.39 is 12.6 Å². The molecule has 29 heavy (non-hydrogen) atoms. The van der Waals surface area contributed by atoms with Gasteiger partial charge in [-0.15, -0.1) is 11.3 Å². The van der Waals surface area contributed by atoms with E-state index >= 15 is 0 Å². The van der Waals surface area contributed by atoms with Gasteiger partial charge in [0.15, 0.2) is 6.61 Å². The van der Waals surface area contributed by atoms with Crippen molar-refractivity contribution in [3.63, 3.8) is 0 Å². The second kappa shape index (κ2) is 8.44. The van der Waals surface area contributed by atoms with Crippen molar-refractivity contribution in [2.45, 2.75) is 20.4 Å². The summed E-state index contributed by atoms with van der Waals surface area (Å²) in [5.74, 6) is 0.145. The lowest BCUT2D eigenvalue weighted by molar-refractivity contribution is -0.133. The van der Waals surface area contributed by atoms with Crippen LogP contribution in [0.15, 0.2) is 29.1 Å². The average Bonchev–Trinajstić information content (AvgIpc) is 3.02. The van der Waals surface area contributed by atoms with E-state index in [0.717, 1.165) is 16.9 Å². The molecule has 1 amide bonds. The molecule has 0 unspecified atom stereocenters. The van der Waals surface area contributed by atoms with Gasteiger partial charge in [-0.2, -0.15) is 0 Å². The minimum atomic E-state index is -0.651. The molecule has 152 valence electrons. The molecule has 0 aliphatic carbocycles. The second-order valence-electron chi connectivity index (χ2n) is 6.53. The number of hydrogen-bond donors (Lipinski definition) is 1. The summed E-state index contributed by atoms with van der Waals surface area (Å²) in [5, 5.41) is 0.368. The molecule has 1 N–H and O–H groups in total.